The number of hydrogen-bond acceptors (Lipinski definition) is 10. The lowest BCUT2D eigenvalue weighted by atomic mass is 10.0. The fourth-order valence-electron chi connectivity index (χ4n) is 2.99. The molecule has 0 aromatic heterocycles. The van der Waals surface area contributed by atoms with Crippen LogP contribution < -0.4 is 5.32 Å². The average Bonchev–Trinajstić information content (AvgIpc) is 2.86. The van der Waals surface area contributed by atoms with Crippen molar-refractivity contribution >= 4 is 24.2 Å². The molecule has 1 N–H and O–H groups in total. The normalized spacial score (nSPS) is 11.0. The first kappa shape index (κ1) is 32.2. The van der Waals surface area contributed by atoms with Crippen molar-refractivity contribution in [3.8, 4) is 0 Å². The molecule has 0 aromatic rings. The summed E-state index contributed by atoms with van der Waals surface area (Å²) in [7, 11) is 0. The van der Waals surface area contributed by atoms with E-state index in [1.807, 2.05) is 0 Å². The molecule has 0 heterocycles. The highest BCUT2D eigenvalue weighted by Crippen LogP contribution is 2.13. The molecule has 0 aromatic carbocycles. The topological polar surface area (TPSA) is 142 Å². The average molecular weight is 498 g/mol. The number of nitrogens with zero attached hydrogens (tertiary/aromatic N) is 2. The Bertz CT molecular complexity index is 661. The lowest BCUT2D eigenvalue weighted by molar-refractivity contribution is -0.139. The van der Waals surface area contributed by atoms with Crippen molar-refractivity contribution < 1.29 is 38.1 Å². The fraction of sp³-hybridized carbons (Fsp3) is 0.750. The number of isocyanates is 2. The maximum Gasteiger partial charge on any atom is 0.407 e. The van der Waals surface area contributed by atoms with Crippen LogP contribution >= 0.6 is 0 Å². The molecule has 0 bridgehead atoms. The summed E-state index contributed by atoms with van der Waals surface area (Å²) in [6.45, 7) is 6.22. The molecule has 0 aliphatic heterocycles. The van der Waals surface area contributed by atoms with Gasteiger partial charge in [-0.25, -0.2) is 29.2 Å². The van der Waals surface area contributed by atoms with E-state index in [1.54, 1.807) is 6.08 Å². The molecule has 1 atom stereocenters. The minimum atomic E-state index is -0.478. The predicted molar refractivity (Wildman–Crippen MR) is 129 cm³/mol. The first-order valence-electron chi connectivity index (χ1n) is 12.1. The first-order valence-corrected chi connectivity index (χ1v) is 12.1. The quantitative estimate of drug-likeness (QED) is 0.0705. The third kappa shape index (κ3) is 24.1. The lowest BCUT2D eigenvalue weighted by Crippen LogP contribution is -2.26. The van der Waals surface area contributed by atoms with Gasteiger partial charge in [0.1, 0.15) is 13.2 Å². The van der Waals surface area contributed by atoms with Gasteiger partial charge >= 0.3 is 12.1 Å². The molecular formula is C24H39N3O8. The van der Waals surface area contributed by atoms with Crippen molar-refractivity contribution in [3.63, 3.8) is 0 Å². The SMILES string of the molecule is C=CC(=O)OCCOCCCOCCOC(=O)NCCCCCC(CCCCCN=C=O)N=C=O. The molecule has 0 fully saturated rings. The van der Waals surface area contributed by atoms with Gasteiger partial charge in [0.2, 0.25) is 12.2 Å². The van der Waals surface area contributed by atoms with Crippen molar-refractivity contribution in [2.24, 2.45) is 9.98 Å². The van der Waals surface area contributed by atoms with Crippen LogP contribution in [-0.4, -0.2) is 83.0 Å². The number of carbonyl (C=O) groups is 2. The minimum Gasteiger partial charge on any atom is -0.460 e. The molecule has 11 nitrogen and oxygen atoms in total. The Hall–Kier alpha value is -2.84. The number of unbranched alkanes of at least 4 members (excludes halogenated alkanes) is 4. The molecule has 0 rings (SSSR count). The molecular weight excluding hydrogens is 458 g/mol. The number of amides is 1. The number of rotatable bonds is 24. The monoisotopic (exact) mass is 497 g/mol. The van der Waals surface area contributed by atoms with Crippen LogP contribution in [0.2, 0.25) is 0 Å². The van der Waals surface area contributed by atoms with Crippen molar-refractivity contribution in [1.29, 1.82) is 0 Å². The van der Waals surface area contributed by atoms with Gasteiger partial charge in [-0.1, -0.05) is 32.3 Å². The highest BCUT2D eigenvalue weighted by atomic mass is 16.6. The number of aliphatic imine (C=N–C) groups is 2. The molecule has 0 saturated carbocycles. The fourth-order valence-corrected chi connectivity index (χ4v) is 2.99. The van der Waals surface area contributed by atoms with E-state index in [-0.39, 0.29) is 19.3 Å². The second kappa shape index (κ2) is 25.8. The van der Waals surface area contributed by atoms with Gasteiger partial charge in [0.15, 0.2) is 0 Å². The Kier molecular flexibility index (Phi) is 23.7. The second-order valence-corrected chi connectivity index (χ2v) is 7.56. The van der Waals surface area contributed by atoms with Crippen LogP contribution in [0, 0.1) is 0 Å². The molecule has 0 aliphatic carbocycles. The number of esters is 1. The molecule has 0 aliphatic rings. The van der Waals surface area contributed by atoms with Crippen LogP contribution in [0.1, 0.15) is 57.8 Å². The van der Waals surface area contributed by atoms with Crippen molar-refractivity contribution in [2.75, 3.05) is 52.7 Å². The molecule has 11 heteroatoms. The van der Waals surface area contributed by atoms with E-state index >= 15 is 0 Å². The summed E-state index contributed by atoms with van der Waals surface area (Å²) in [5, 5.41) is 2.70. The van der Waals surface area contributed by atoms with Crippen LogP contribution in [-0.2, 0) is 33.3 Å². The van der Waals surface area contributed by atoms with Crippen molar-refractivity contribution in [2.45, 2.75) is 63.8 Å². The smallest absolute Gasteiger partial charge is 0.407 e. The highest BCUT2D eigenvalue weighted by Gasteiger charge is 2.07. The zero-order valence-electron chi connectivity index (χ0n) is 20.5. The van der Waals surface area contributed by atoms with E-state index in [9.17, 15) is 19.2 Å². The highest BCUT2D eigenvalue weighted by molar-refractivity contribution is 5.81. The Labute approximate surface area is 207 Å². The van der Waals surface area contributed by atoms with Gasteiger partial charge in [0.05, 0.1) is 25.8 Å². The van der Waals surface area contributed by atoms with Crippen molar-refractivity contribution in [3.05, 3.63) is 12.7 Å². The second-order valence-electron chi connectivity index (χ2n) is 7.56. The number of nitrogens with one attached hydrogen (secondary N) is 1. The molecule has 0 radical (unpaired) electrons. The molecule has 1 amide bonds. The summed E-state index contributed by atoms with van der Waals surface area (Å²) >= 11 is 0. The Balaban J connectivity index is 3.51. The van der Waals surface area contributed by atoms with Crippen molar-refractivity contribution in [1.82, 2.24) is 5.32 Å². The van der Waals surface area contributed by atoms with Gasteiger partial charge in [-0.3, -0.25) is 0 Å². The summed E-state index contributed by atoms with van der Waals surface area (Å²) in [6, 6.07) is -0.0337. The van der Waals surface area contributed by atoms with Gasteiger partial charge in [0, 0.05) is 25.8 Å². The molecule has 198 valence electrons. The Morgan fingerprint density at radius 1 is 0.800 bits per heavy atom. The molecule has 0 saturated heterocycles. The molecule has 1 unspecified atom stereocenters. The third-order valence-electron chi connectivity index (χ3n) is 4.77. The Morgan fingerprint density at radius 2 is 1.46 bits per heavy atom. The summed E-state index contributed by atoms with van der Waals surface area (Å²) in [5.74, 6) is -0.473. The maximum absolute atomic E-state index is 11.7. The molecule has 35 heavy (non-hydrogen) atoms. The van der Waals surface area contributed by atoms with Crippen LogP contribution in [0.3, 0.4) is 0 Å². The van der Waals surface area contributed by atoms with E-state index in [1.165, 1.54) is 6.08 Å². The van der Waals surface area contributed by atoms with E-state index in [0.717, 1.165) is 57.4 Å². The van der Waals surface area contributed by atoms with Crippen LogP contribution in [0.4, 0.5) is 4.79 Å². The third-order valence-corrected chi connectivity index (χ3v) is 4.77. The number of hydrogen-bond donors (Lipinski definition) is 1. The summed E-state index contributed by atoms with van der Waals surface area (Å²) in [4.78, 5) is 50.4. The lowest BCUT2D eigenvalue weighted by Gasteiger charge is -2.10. The minimum absolute atomic E-state index is 0.0337. The van der Waals surface area contributed by atoms with Crippen LogP contribution in [0.5, 0.6) is 0 Å². The zero-order valence-corrected chi connectivity index (χ0v) is 20.5. The summed E-state index contributed by atoms with van der Waals surface area (Å²) in [6.07, 6.45) is 11.4. The number of alkyl carbamates (subject to hydrolysis) is 1. The predicted octanol–water partition coefficient (Wildman–Crippen LogP) is 3.03. The maximum atomic E-state index is 11.7. The van der Waals surface area contributed by atoms with E-state index < -0.39 is 12.1 Å². The number of ether oxygens (including phenoxy) is 4. The Morgan fingerprint density at radius 3 is 2.09 bits per heavy atom. The van der Waals surface area contributed by atoms with Gasteiger partial charge in [-0.15, -0.1) is 0 Å². The van der Waals surface area contributed by atoms with Gasteiger partial charge in [0.25, 0.3) is 0 Å². The summed E-state index contributed by atoms with van der Waals surface area (Å²) in [5.41, 5.74) is 0. The van der Waals surface area contributed by atoms with Gasteiger partial charge < -0.3 is 24.3 Å². The van der Waals surface area contributed by atoms with Crippen LogP contribution in [0.25, 0.3) is 0 Å². The zero-order chi connectivity index (χ0) is 25.8. The van der Waals surface area contributed by atoms with E-state index in [0.29, 0.717) is 45.9 Å². The summed E-state index contributed by atoms with van der Waals surface area (Å²) < 4.78 is 20.5. The van der Waals surface area contributed by atoms with Crippen LogP contribution in [0.15, 0.2) is 22.6 Å². The largest absolute Gasteiger partial charge is 0.460 e. The van der Waals surface area contributed by atoms with Gasteiger partial charge in [-0.05, 0) is 32.1 Å². The standard InChI is InChI=1S/C24H39N3O8/c1-2-23(30)34-18-16-32-14-9-15-33-17-19-35-24(31)26-13-8-4-6-11-22(27-21-29)10-5-3-7-12-25-20-28/h2,22H,1,3-19H2,(H,26,31). The molecule has 0 spiro atoms. The number of carbonyl (C=O) groups excluding carboxylic acids is 4. The van der Waals surface area contributed by atoms with Gasteiger partial charge in [-0.2, -0.15) is 0 Å². The van der Waals surface area contributed by atoms with E-state index in [2.05, 4.69) is 21.9 Å². The van der Waals surface area contributed by atoms with E-state index in [4.69, 9.17) is 18.9 Å². The first-order chi connectivity index (χ1) is 17.1.